The molecule has 4 rings (SSSR count). The van der Waals surface area contributed by atoms with E-state index in [0.29, 0.717) is 10.6 Å². The summed E-state index contributed by atoms with van der Waals surface area (Å²) in [4.78, 5) is 12.8. The van der Waals surface area contributed by atoms with Gasteiger partial charge in [-0.15, -0.1) is 10.5 Å². The van der Waals surface area contributed by atoms with E-state index in [2.05, 4.69) is 5.32 Å². The number of benzene rings is 3. The van der Waals surface area contributed by atoms with E-state index in [0.717, 1.165) is 22.9 Å². The Morgan fingerprint density at radius 2 is 1.80 bits per heavy atom. The van der Waals surface area contributed by atoms with Crippen LogP contribution in [0.15, 0.2) is 65.7 Å². The normalized spacial score (nSPS) is 17.2. The van der Waals surface area contributed by atoms with Gasteiger partial charge < -0.3 is 5.32 Å². The average molecular weight is 431 g/mol. The summed E-state index contributed by atoms with van der Waals surface area (Å²) >= 11 is 0. The van der Waals surface area contributed by atoms with Gasteiger partial charge in [0.1, 0.15) is 5.82 Å². The van der Waals surface area contributed by atoms with Crippen molar-refractivity contribution in [1.29, 1.82) is 0 Å². The van der Waals surface area contributed by atoms with Crippen LogP contribution in [0, 0.1) is 5.82 Å². The second-order valence-electron chi connectivity index (χ2n) is 6.83. The zero-order valence-electron chi connectivity index (χ0n) is 15.9. The second kappa shape index (κ2) is 7.72. The number of halogens is 4. The van der Waals surface area contributed by atoms with Crippen LogP contribution >= 0.6 is 10.5 Å². The number of nitrogens with one attached hydrogen (secondary N) is 1. The summed E-state index contributed by atoms with van der Waals surface area (Å²) in [6.45, 7) is 0. The van der Waals surface area contributed by atoms with Crippen molar-refractivity contribution in [2.75, 3.05) is 12.8 Å². The second-order valence-corrected chi connectivity index (χ2v) is 8.62. The highest BCUT2D eigenvalue weighted by Crippen LogP contribution is 2.41. The largest absolute Gasteiger partial charge is 0.416 e. The molecule has 0 aliphatic carbocycles. The molecule has 0 fully saturated rings. The first-order valence-corrected chi connectivity index (χ1v) is 10.6. The van der Waals surface area contributed by atoms with Crippen molar-refractivity contribution in [3.8, 4) is 0 Å². The third-order valence-corrected chi connectivity index (χ3v) is 6.96. The van der Waals surface area contributed by atoms with Crippen molar-refractivity contribution in [2.45, 2.75) is 6.18 Å². The first kappa shape index (κ1) is 20.3. The monoisotopic (exact) mass is 431 g/mol. The molecular formula is C23H17F4NOS. The molecule has 0 spiro atoms. The van der Waals surface area contributed by atoms with E-state index in [1.54, 1.807) is 18.5 Å². The zero-order valence-corrected chi connectivity index (χ0v) is 16.7. The predicted molar refractivity (Wildman–Crippen MR) is 114 cm³/mol. The van der Waals surface area contributed by atoms with Crippen LogP contribution in [0.2, 0.25) is 0 Å². The highest BCUT2D eigenvalue weighted by atomic mass is 32.2. The molecular weight excluding hydrogens is 414 g/mol. The summed E-state index contributed by atoms with van der Waals surface area (Å²) in [5, 5.41) is 6.80. The van der Waals surface area contributed by atoms with Crippen molar-refractivity contribution in [2.24, 2.45) is 0 Å². The number of hydrogen-bond donors (Lipinski definition) is 1. The Labute approximate surface area is 173 Å². The molecule has 1 unspecified atom stereocenters. The smallest absolute Gasteiger partial charge is 0.383 e. The number of carbonyl (C=O) groups excluding carboxylic acids is 1. The Bertz CT molecular complexity index is 1230. The molecule has 3 aromatic rings. The molecule has 1 heterocycles. The fraction of sp³-hybridized carbons (Fsp3) is 0.130. The summed E-state index contributed by atoms with van der Waals surface area (Å²) < 4.78 is 54.0. The quantitative estimate of drug-likeness (QED) is 0.433. The van der Waals surface area contributed by atoms with E-state index in [9.17, 15) is 22.4 Å². The number of Topliss-reactive ketones (excluding diaryl/α,β-unsaturated/α-hetero) is 1. The minimum atomic E-state index is -4.50. The van der Waals surface area contributed by atoms with Crippen LogP contribution in [0.25, 0.3) is 16.3 Å². The molecule has 2 nitrogen and oxygen atoms in total. The Kier molecular flexibility index (Phi) is 5.24. The van der Waals surface area contributed by atoms with Crippen molar-refractivity contribution in [3.63, 3.8) is 0 Å². The maximum absolute atomic E-state index is 14.6. The van der Waals surface area contributed by atoms with E-state index >= 15 is 0 Å². The van der Waals surface area contributed by atoms with Gasteiger partial charge in [-0.25, -0.2) is 4.39 Å². The van der Waals surface area contributed by atoms with Crippen LogP contribution in [0.1, 0.15) is 16.7 Å². The number of hydrogen-bond acceptors (Lipinski definition) is 2. The summed E-state index contributed by atoms with van der Waals surface area (Å²) in [7, 11) is 0.822. The maximum atomic E-state index is 14.6. The summed E-state index contributed by atoms with van der Waals surface area (Å²) in [6, 6.07) is 15.2. The van der Waals surface area contributed by atoms with Crippen LogP contribution in [-0.4, -0.2) is 24.0 Å². The van der Waals surface area contributed by atoms with Crippen LogP contribution in [0.4, 0.5) is 17.6 Å². The Morgan fingerprint density at radius 3 is 2.53 bits per heavy atom. The van der Waals surface area contributed by atoms with Crippen molar-refractivity contribution >= 4 is 38.0 Å². The first-order chi connectivity index (χ1) is 14.3. The minimum absolute atomic E-state index is 0.0877. The van der Waals surface area contributed by atoms with Gasteiger partial charge in [0.05, 0.1) is 21.9 Å². The van der Waals surface area contributed by atoms with E-state index < -0.39 is 28.0 Å². The molecule has 1 aliphatic heterocycles. The lowest BCUT2D eigenvalue weighted by Gasteiger charge is -2.12. The predicted octanol–water partition coefficient (Wildman–Crippen LogP) is 5.59. The number of fused-ring (bicyclic) bond motifs is 1. The number of rotatable bonds is 3. The molecule has 7 heteroatoms. The summed E-state index contributed by atoms with van der Waals surface area (Å²) in [5.41, 5.74) is 0.0127. The fourth-order valence-electron chi connectivity index (χ4n) is 3.57. The fourth-order valence-corrected chi connectivity index (χ4v) is 5.63. The van der Waals surface area contributed by atoms with E-state index in [-0.39, 0.29) is 22.7 Å². The highest BCUT2D eigenvalue weighted by molar-refractivity contribution is 8.19. The zero-order chi connectivity index (χ0) is 21.5. The molecule has 1 N–H and O–H groups in total. The van der Waals surface area contributed by atoms with Crippen molar-refractivity contribution < 1.29 is 22.4 Å². The Morgan fingerprint density at radius 1 is 1.03 bits per heavy atom. The van der Waals surface area contributed by atoms with Crippen LogP contribution in [-0.2, 0) is 11.0 Å². The van der Waals surface area contributed by atoms with Gasteiger partial charge in [0.15, 0.2) is 5.78 Å². The molecule has 30 heavy (non-hydrogen) atoms. The third-order valence-electron chi connectivity index (χ3n) is 4.94. The average Bonchev–Trinajstić information content (AvgIpc) is 3.04. The summed E-state index contributed by atoms with van der Waals surface area (Å²) in [5.74, 6) is -0.583. The molecule has 3 aromatic carbocycles. The topological polar surface area (TPSA) is 29.1 Å². The molecule has 0 bridgehead atoms. The van der Waals surface area contributed by atoms with E-state index in [1.165, 1.54) is 18.2 Å². The van der Waals surface area contributed by atoms with Gasteiger partial charge in [-0.05, 0) is 39.9 Å². The standard InChI is InChI=1S/C23H17F4NOS/c1-28-22-21(15-6-4-7-16(11-15)23(25,26)27)20(29)13-30(22)12-18-17-8-3-2-5-14(17)9-10-19(18)24/h2-12,28H,13H2,1H3. The molecule has 1 atom stereocenters. The Hall–Kier alpha value is -2.93. The van der Waals surface area contributed by atoms with Crippen LogP contribution in [0.3, 0.4) is 0 Å². The Balaban J connectivity index is 1.88. The number of ketones is 1. The molecule has 0 saturated carbocycles. The van der Waals surface area contributed by atoms with Crippen molar-refractivity contribution in [3.05, 3.63) is 88.2 Å². The van der Waals surface area contributed by atoms with Gasteiger partial charge >= 0.3 is 6.18 Å². The maximum Gasteiger partial charge on any atom is 0.416 e. The number of carbonyl (C=O) groups is 1. The van der Waals surface area contributed by atoms with Gasteiger partial charge in [-0.2, -0.15) is 13.2 Å². The van der Waals surface area contributed by atoms with Gasteiger partial charge in [0.25, 0.3) is 0 Å². The molecule has 154 valence electrons. The van der Waals surface area contributed by atoms with Crippen LogP contribution in [0.5, 0.6) is 0 Å². The van der Waals surface area contributed by atoms with Gasteiger partial charge in [-0.1, -0.05) is 42.5 Å². The minimum Gasteiger partial charge on any atom is -0.383 e. The number of alkyl halides is 3. The number of allylic oxidation sites excluding steroid dienone is 1. The first-order valence-electron chi connectivity index (χ1n) is 9.14. The molecule has 0 radical (unpaired) electrons. The lowest BCUT2D eigenvalue weighted by molar-refractivity contribution is -0.137. The summed E-state index contributed by atoms with van der Waals surface area (Å²) in [6.07, 6.45) is -4.50. The van der Waals surface area contributed by atoms with Crippen LogP contribution < -0.4 is 5.32 Å². The van der Waals surface area contributed by atoms with E-state index in [4.69, 9.17) is 0 Å². The molecule has 1 aliphatic rings. The van der Waals surface area contributed by atoms with E-state index in [1.807, 2.05) is 24.3 Å². The lowest BCUT2D eigenvalue weighted by atomic mass is 10.0. The highest BCUT2D eigenvalue weighted by Gasteiger charge is 2.33. The lowest BCUT2D eigenvalue weighted by Crippen LogP contribution is -2.08. The molecule has 0 amide bonds. The van der Waals surface area contributed by atoms with Gasteiger partial charge in [0, 0.05) is 12.6 Å². The van der Waals surface area contributed by atoms with Gasteiger partial charge in [0.2, 0.25) is 0 Å². The molecule has 0 saturated heterocycles. The van der Waals surface area contributed by atoms with Gasteiger partial charge in [-0.3, -0.25) is 4.79 Å². The van der Waals surface area contributed by atoms with Crippen molar-refractivity contribution in [1.82, 2.24) is 5.32 Å². The SMILES string of the molecule is CNC1=C(c2cccc(C(F)(F)F)c2)C(=O)CS1=Cc1c(F)ccc2ccccc12. The molecule has 0 aromatic heterocycles. The third kappa shape index (κ3) is 3.65.